The molecule has 0 spiro atoms. The van der Waals surface area contributed by atoms with Crippen molar-refractivity contribution in [2.24, 2.45) is 0 Å². The van der Waals surface area contributed by atoms with Crippen LogP contribution < -0.4 is 0 Å². The highest BCUT2D eigenvalue weighted by Gasteiger charge is 2.20. The van der Waals surface area contributed by atoms with Gasteiger partial charge in [-0.1, -0.05) is 36.4 Å². The van der Waals surface area contributed by atoms with Crippen LogP contribution in [0.15, 0.2) is 83.3 Å². The maximum atomic E-state index is 9.75. The molecule has 3 rings (SSSR count). The maximum absolute atomic E-state index is 9.75. The van der Waals surface area contributed by atoms with Crippen molar-refractivity contribution in [3.05, 3.63) is 78.9 Å². The Morgan fingerprint density at radius 1 is 0.522 bits per heavy atom. The number of halogens is 4. The zero-order valence-corrected chi connectivity index (χ0v) is 12.0. The molecular weight excluding hydrogens is 307 g/mol. The molecule has 1 heterocycles. The molecule has 1 aromatic heterocycles. The van der Waals surface area contributed by atoms with Gasteiger partial charge in [-0.15, -0.1) is 0 Å². The largest absolute Gasteiger partial charge is 0.673 e. The van der Waals surface area contributed by atoms with Crippen LogP contribution in [0.4, 0.5) is 17.3 Å². The lowest BCUT2D eigenvalue weighted by Crippen LogP contribution is -2.02. The van der Waals surface area contributed by atoms with E-state index in [4.69, 9.17) is 4.42 Å². The van der Waals surface area contributed by atoms with E-state index in [1.165, 1.54) is 0 Å². The Kier molecular flexibility index (Phi) is 5.52. The van der Waals surface area contributed by atoms with E-state index < -0.39 is 7.25 Å². The lowest BCUT2D eigenvalue weighted by molar-refractivity contribution is 0.368. The van der Waals surface area contributed by atoms with Gasteiger partial charge in [-0.05, 0) is 30.3 Å². The van der Waals surface area contributed by atoms with E-state index in [-0.39, 0.29) is 0 Å². The summed E-state index contributed by atoms with van der Waals surface area (Å²) < 4.78 is 44.9. The van der Waals surface area contributed by atoms with Crippen LogP contribution in [0, 0.1) is 0 Å². The quantitative estimate of drug-likeness (QED) is 0.311. The van der Waals surface area contributed by atoms with Crippen LogP contribution in [0.25, 0.3) is 22.6 Å². The minimum absolute atomic E-state index is 0.886. The highest BCUT2D eigenvalue weighted by molar-refractivity contribution is 6.50. The van der Waals surface area contributed by atoms with Gasteiger partial charge >= 0.3 is 18.8 Å². The van der Waals surface area contributed by atoms with Crippen LogP contribution in [-0.2, 0) is 0 Å². The zero-order chi connectivity index (χ0) is 16.7. The van der Waals surface area contributed by atoms with E-state index in [0.717, 1.165) is 22.6 Å². The summed E-state index contributed by atoms with van der Waals surface area (Å²) in [5.41, 5.74) is 2.19. The fourth-order valence-electron chi connectivity index (χ4n) is 1.92. The first-order valence-electron chi connectivity index (χ1n) is 6.85. The van der Waals surface area contributed by atoms with Crippen molar-refractivity contribution in [2.45, 2.75) is 0 Å². The van der Waals surface area contributed by atoms with Gasteiger partial charge < -0.3 is 17.3 Å². The highest BCUT2D eigenvalue weighted by atomic mass is 19.5. The molecule has 0 aliphatic heterocycles. The summed E-state index contributed by atoms with van der Waals surface area (Å²) in [6.07, 6.45) is 0. The summed E-state index contributed by atoms with van der Waals surface area (Å²) in [4.78, 5) is 0. The second kappa shape index (κ2) is 7.58. The molecule has 0 radical (unpaired) electrons. The predicted molar refractivity (Wildman–Crippen MR) is 84.2 cm³/mol. The van der Waals surface area contributed by atoms with Crippen molar-refractivity contribution in [1.29, 1.82) is 0 Å². The SMILES string of the molecule is F[B-](F)(F)F.c1ccc(-c2cccc(-c3ccccc3)[o+]2)cc1. The van der Waals surface area contributed by atoms with Gasteiger partial charge in [0.05, 0.1) is 11.1 Å². The molecule has 2 aromatic carbocycles. The van der Waals surface area contributed by atoms with Crippen molar-refractivity contribution >= 4 is 7.25 Å². The minimum atomic E-state index is -6.00. The third-order valence-electron chi connectivity index (χ3n) is 2.83. The predicted octanol–water partition coefficient (Wildman–Crippen LogP) is 6.19. The number of benzene rings is 2. The fourth-order valence-corrected chi connectivity index (χ4v) is 1.92. The molecule has 0 bridgehead atoms. The second-order valence-corrected chi connectivity index (χ2v) is 4.58. The summed E-state index contributed by atoms with van der Waals surface area (Å²) in [5.74, 6) is 1.77. The zero-order valence-electron chi connectivity index (χ0n) is 12.0. The number of hydrogen-bond acceptors (Lipinski definition) is 0. The summed E-state index contributed by atoms with van der Waals surface area (Å²) in [6.45, 7) is 0. The Morgan fingerprint density at radius 2 is 0.870 bits per heavy atom. The van der Waals surface area contributed by atoms with Crippen molar-refractivity contribution in [3.63, 3.8) is 0 Å². The summed E-state index contributed by atoms with van der Waals surface area (Å²) in [7, 11) is -6.00. The smallest absolute Gasteiger partial charge is 0.418 e. The van der Waals surface area contributed by atoms with Gasteiger partial charge in [0.1, 0.15) is 0 Å². The molecule has 3 aromatic rings. The van der Waals surface area contributed by atoms with E-state index in [1.807, 2.05) is 78.9 Å². The normalized spacial score (nSPS) is 10.6. The molecule has 0 atom stereocenters. The van der Waals surface area contributed by atoms with Gasteiger partial charge in [-0.25, -0.2) is 4.42 Å². The first kappa shape index (κ1) is 16.7. The van der Waals surface area contributed by atoms with E-state index in [2.05, 4.69) is 0 Å². The lowest BCUT2D eigenvalue weighted by atomic mass is 10.1. The van der Waals surface area contributed by atoms with Crippen molar-refractivity contribution in [2.75, 3.05) is 0 Å². The van der Waals surface area contributed by atoms with E-state index in [1.54, 1.807) is 0 Å². The molecule has 0 aliphatic rings. The van der Waals surface area contributed by atoms with Crippen LogP contribution in [-0.4, -0.2) is 7.25 Å². The standard InChI is InChI=1S/C17H13O.BF4/c1-3-8-14(9-4-1)16-12-7-13-17(18-16)15-10-5-2-6-11-15;2-1(3,4)5/h1-13H;/q+1;-1. The molecule has 0 N–H and O–H groups in total. The molecule has 23 heavy (non-hydrogen) atoms. The topological polar surface area (TPSA) is 11.3 Å². The molecule has 0 amide bonds. The first-order valence-corrected chi connectivity index (χ1v) is 6.85. The Balaban J connectivity index is 0.000000338. The average Bonchev–Trinajstić information content (AvgIpc) is 2.55. The van der Waals surface area contributed by atoms with E-state index in [9.17, 15) is 17.3 Å². The molecule has 0 unspecified atom stereocenters. The van der Waals surface area contributed by atoms with Gasteiger partial charge in [0.2, 0.25) is 0 Å². The van der Waals surface area contributed by atoms with Crippen molar-refractivity contribution in [1.82, 2.24) is 0 Å². The van der Waals surface area contributed by atoms with Crippen LogP contribution in [0.3, 0.4) is 0 Å². The maximum Gasteiger partial charge on any atom is 0.673 e. The lowest BCUT2D eigenvalue weighted by Gasteiger charge is -1.94. The Labute approximate surface area is 131 Å². The van der Waals surface area contributed by atoms with Crippen molar-refractivity contribution in [3.8, 4) is 22.6 Å². The van der Waals surface area contributed by atoms with E-state index in [0.29, 0.717) is 0 Å². The third kappa shape index (κ3) is 5.94. The van der Waals surface area contributed by atoms with E-state index >= 15 is 0 Å². The Bertz CT molecular complexity index is 670. The third-order valence-corrected chi connectivity index (χ3v) is 2.83. The molecule has 0 saturated carbocycles. The van der Waals surface area contributed by atoms with Crippen LogP contribution in [0.1, 0.15) is 0 Å². The van der Waals surface area contributed by atoms with Gasteiger partial charge in [0, 0.05) is 12.1 Å². The molecule has 0 aliphatic carbocycles. The fraction of sp³-hybridized carbons (Fsp3) is 0. The average molecular weight is 320 g/mol. The van der Waals surface area contributed by atoms with Crippen molar-refractivity contribution < 1.29 is 21.7 Å². The van der Waals surface area contributed by atoms with Crippen LogP contribution >= 0.6 is 0 Å². The van der Waals surface area contributed by atoms with Crippen LogP contribution in [0.5, 0.6) is 0 Å². The van der Waals surface area contributed by atoms with Gasteiger partial charge in [0.15, 0.2) is 0 Å². The molecule has 6 heteroatoms. The number of hydrogen-bond donors (Lipinski definition) is 0. The van der Waals surface area contributed by atoms with Gasteiger partial charge in [-0.2, -0.15) is 0 Å². The summed E-state index contributed by atoms with van der Waals surface area (Å²) in [6, 6.07) is 26.3. The second-order valence-electron chi connectivity index (χ2n) is 4.58. The molecule has 1 nitrogen and oxygen atoms in total. The molecule has 0 fully saturated rings. The first-order chi connectivity index (χ1) is 10.9. The highest BCUT2D eigenvalue weighted by Crippen LogP contribution is 2.25. The number of rotatable bonds is 2. The Morgan fingerprint density at radius 3 is 1.22 bits per heavy atom. The molecule has 118 valence electrons. The molecular formula is C17H13BF4O. The Hall–Kier alpha value is -2.63. The van der Waals surface area contributed by atoms with Gasteiger partial charge in [0.25, 0.3) is 0 Å². The summed E-state index contributed by atoms with van der Waals surface area (Å²) >= 11 is 0. The molecule has 0 saturated heterocycles. The summed E-state index contributed by atoms with van der Waals surface area (Å²) in [5, 5.41) is 0. The van der Waals surface area contributed by atoms with Crippen LogP contribution in [0.2, 0.25) is 0 Å². The minimum Gasteiger partial charge on any atom is -0.418 e. The van der Waals surface area contributed by atoms with Gasteiger partial charge in [-0.3, -0.25) is 0 Å². The monoisotopic (exact) mass is 320 g/mol.